The van der Waals surface area contributed by atoms with E-state index in [2.05, 4.69) is 20.1 Å². The van der Waals surface area contributed by atoms with Gasteiger partial charge in [0.2, 0.25) is 0 Å². The van der Waals surface area contributed by atoms with E-state index in [0.717, 1.165) is 54.5 Å². The first-order valence-electron chi connectivity index (χ1n) is 10.5. The smallest absolute Gasteiger partial charge is 0.326 e. The summed E-state index contributed by atoms with van der Waals surface area (Å²) in [6.07, 6.45) is 4.30. The number of anilines is 2. The first-order valence-corrected chi connectivity index (χ1v) is 10.8. The normalized spacial score (nSPS) is 13.3. The number of ether oxygens (including phenoxy) is 1. The van der Waals surface area contributed by atoms with E-state index in [9.17, 15) is 4.79 Å². The molecule has 0 bridgehead atoms. The fourth-order valence-corrected chi connectivity index (χ4v) is 3.99. The highest BCUT2D eigenvalue weighted by Gasteiger charge is 2.23. The summed E-state index contributed by atoms with van der Waals surface area (Å²) in [5.74, 6) is 2.50. The zero-order valence-corrected chi connectivity index (χ0v) is 18.5. The molecule has 0 radical (unpaired) electrons. The Morgan fingerprint density at radius 2 is 1.97 bits per heavy atom. The van der Waals surface area contributed by atoms with E-state index in [0.29, 0.717) is 17.3 Å². The van der Waals surface area contributed by atoms with Crippen LogP contribution in [-0.2, 0) is 19.5 Å². The number of nitrogens with zero attached hydrogens (tertiary/aromatic N) is 4. The van der Waals surface area contributed by atoms with Gasteiger partial charge in [0.25, 0.3) is 0 Å². The molecule has 7 nitrogen and oxygen atoms in total. The third-order valence-corrected chi connectivity index (χ3v) is 6.01. The molecule has 4 rings (SSSR count). The van der Waals surface area contributed by atoms with E-state index in [1.807, 2.05) is 49.4 Å². The van der Waals surface area contributed by atoms with E-state index >= 15 is 0 Å². The summed E-state index contributed by atoms with van der Waals surface area (Å²) in [7, 11) is 1.61. The van der Waals surface area contributed by atoms with Crippen molar-refractivity contribution in [2.24, 2.45) is 0 Å². The first kappa shape index (κ1) is 21.2. The number of carbonyl (C=O) groups is 1. The van der Waals surface area contributed by atoms with Crippen molar-refractivity contribution in [3.8, 4) is 5.75 Å². The third-order valence-electron chi connectivity index (χ3n) is 5.60. The molecule has 31 heavy (non-hydrogen) atoms. The number of hydrogen-bond acceptors (Lipinski definition) is 4. The fraction of sp³-hybridized carbons (Fsp3) is 0.348. The highest BCUT2D eigenvalue weighted by molar-refractivity contribution is 6.31. The Labute approximate surface area is 187 Å². The summed E-state index contributed by atoms with van der Waals surface area (Å²) in [6.45, 7) is 3.09. The number of urea groups is 1. The van der Waals surface area contributed by atoms with Crippen molar-refractivity contribution in [2.75, 3.05) is 17.3 Å². The van der Waals surface area contributed by atoms with Gasteiger partial charge in [0.15, 0.2) is 5.82 Å². The lowest BCUT2D eigenvalue weighted by molar-refractivity contribution is 0.256. The number of hydrogen-bond donors (Lipinski definition) is 1. The highest BCUT2D eigenvalue weighted by Crippen LogP contribution is 2.29. The molecule has 0 spiro atoms. The molecule has 0 saturated heterocycles. The van der Waals surface area contributed by atoms with Gasteiger partial charge >= 0.3 is 6.03 Å². The lowest BCUT2D eigenvalue weighted by Crippen LogP contribution is -2.36. The first-order chi connectivity index (χ1) is 15.1. The second-order valence-electron chi connectivity index (χ2n) is 7.62. The zero-order valence-electron chi connectivity index (χ0n) is 17.8. The van der Waals surface area contributed by atoms with Crippen LogP contribution in [0.15, 0.2) is 42.5 Å². The van der Waals surface area contributed by atoms with Crippen LogP contribution in [0.25, 0.3) is 0 Å². The number of rotatable bonds is 5. The van der Waals surface area contributed by atoms with Crippen LogP contribution in [0, 0.1) is 6.92 Å². The fourth-order valence-electron chi connectivity index (χ4n) is 3.82. The van der Waals surface area contributed by atoms with Crippen LogP contribution >= 0.6 is 11.6 Å². The van der Waals surface area contributed by atoms with Gasteiger partial charge in [-0.15, -0.1) is 10.2 Å². The largest absolute Gasteiger partial charge is 0.497 e. The average Bonchev–Trinajstić information content (AvgIpc) is 3.00. The molecular formula is C23H26ClN5O2. The van der Waals surface area contributed by atoms with Crippen molar-refractivity contribution in [3.05, 3.63) is 64.7 Å². The number of benzene rings is 2. The van der Waals surface area contributed by atoms with E-state index < -0.39 is 0 Å². The van der Waals surface area contributed by atoms with Crippen LogP contribution in [0.2, 0.25) is 5.02 Å². The lowest BCUT2D eigenvalue weighted by Gasteiger charge is -2.25. The van der Waals surface area contributed by atoms with Gasteiger partial charge in [-0.1, -0.05) is 24.1 Å². The number of carbonyl (C=O) groups excluding carboxylic acids is 1. The molecule has 3 aromatic rings. The van der Waals surface area contributed by atoms with Crippen molar-refractivity contribution in [3.63, 3.8) is 0 Å². The zero-order chi connectivity index (χ0) is 21.8. The van der Waals surface area contributed by atoms with Crippen LogP contribution in [-0.4, -0.2) is 27.9 Å². The molecule has 1 aliphatic rings. The summed E-state index contributed by atoms with van der Waals surface area (Å²) in [6, 6.07) is 12.5. The number of fused-ring (bicyclic) bond motifs is 1. The molecular weight excluding hydrogens is 414 g/mol. The minimum absolute atomic E-state index is 0.262. The number of halogens is 1. The molecule has 0 saturated carbocycles. The van der Waals surface area contributed by atoms with Crippen molar-refractivity contribution in [1.82, 2.24) is 14.8 Å². The monoisotopic (exact) mass is 439 g/mol. The van der Waals surface area contributed by atoms with E-state index in [4.69, 9.17) is 16.3 Å². The average molecular weight is 440 g/mol. The molecule has 0 atom stereocenters. The van der Waals surface area contributed by atoms with Crippen molar-refractivity contribution >= 4 is 29.0 Å². The second kappa shape index (κ2) is 9.39. The van der Waals surface area contributed by atoms with Gasteiger partial charge in [0, 0.05) is 23.7 Å². The number of aryl methyl sites for hydroxylation is 1. The maximum absolute atomic E-state index is 13.4. The van der Waals surface area contributed by atoms with Crippen LogP contribution in [0.5, 0.6) is 5.75 Å². The minimum Gasteiger partial charge on any atom is -0.497 e. The maximum atomic E-state index is 13.4. The molecule has 0 aliphatic carbocycles. The number of amides is 2. The van der Waals surface area contributed by atoms with E-state index in [1.165, 1.54) is 6.42 Å². The van der Waals surface area contributed by atoms with Crippen molar-refractivity contribution in [1.29, 1.82) is 0 Å². The molecule has 0 unspecified atom stereocenters. The predicted molar refractivity (Wildman–Crippen MR) is 122 cm³/mol. The minimum atomic E-state index is -0.262. The van der Waals surface area contributed by atoms with Crippen LogP contribution < -0.4 is 15.0 Å². The van der Waals surface area contributed by atoms with Gasteiger partial charge in [-0.2, -0.15) is 0 Å². The van der Waals surface area contributed by atoms with Crippen LogP contribution in [0.1, 0.15) is 36.5 Å². The van der Waals surface area contributed by atoms with Crippen LogP contribution in [0.4, 0.5) is 16.2 Å². The quantitative estimate of drug-likeness (QED) is 0.592. The Balaban J connectivity index is 1.65. The number of methoxy groups -OCH3 is 1. The molecule has 2 heterocycles. The second-order valence-corrected chi connectivity index (χ2v) is 8.03. The van der Waals surface area contributed by atoms with E-state index in [-0.39, 0.29) is 6.03 Å². The molecule has 1 aliphatic heterocycles. The Morgan fingerprint density at radius 1 is 1.16 bits per heavy atom. The van der Waals surface area contributed by atoms with Gasteiger partial charge < -0.3 is 14.6 Å². The Bertz CT molecular complexity index is 1060. The third kappa shape index (κ3) is 4.66. The number of aromatic nitrogens is 3. The summed E-state index contributed by atoms with van der Waals surface area (Å²) < 4.78 is 7.35. The molecule has 2 aromatic carbocycles. The van der Waals surface area contributed by atoms with Gasteiger partial charge in [0.1, 0.15) is 11.6 Å². The van der Waals surface area contributed by atoms with Crippen molar-refractivity contribution < 1.29 is 9.53 Å². The SMILES string of the molecule is COc1ccc(NC(=O)N(Cc2nnc3n2CCCCC3)c2cccc(Cl)c2C)cc1. The molecule has 1 aromatic heterocycles. The molecule has 0 fully saturated rings. The Kier molecular flexibility index (Phi) is 6.42. The van der Waals surface area contributed by atoms with Crippen molar-refractivity contribution in [2.45, 2.75) is 45.7 Å². The molecule has 1 N–H and O–H groups in total. The summed E-state index contributed by atoms with van der Waals surface area (Å²) >= 11 is 6.37. The van der Waals surface area contributed by atoms with Gasteiger partial charge in [-0.05, 0) is 61.7 Å². The summed E-state index contributed by atoms with van der Waals surface area (Å²) in [5.41, 5.74) is 2.25. The standard InChI is InChI=1S/C23H26ClN5O2/c1-16-19(24)7-6-8-20(16)29(23(30)25-17-10-12-18(31-2)13-11-17)15-22-27-26-21-9-4-3-5-14-28(21)22/h6-8,10-13H,3-5,9,14-15H2,1-2H3,(H,25,30). The Morgan fingerprint density at radius 3 is 2.74 bits per heavy atom. The molecule has 8 heteroatoms. The topological polar surface area (TPSA) is 72.3 Å². The predicted octanol–water partition coefficient (Wildman–Crippen LogP) is 5.21. The summed E-state index contributed by atoms with van der Waals surface area (Å²) in [4.78, 5) is 15.1. The molecule has 2 amide bonds. The highest BCUT2D eigenvalue weighted by atomic mass is 35.5. The Hall–Kier alpha value is -3.06. The molecule has 162 valence electrons. The van der Waals surface area contributed by atoms with Gasteiger partial charge in [0.05, 0.1) is 19.3 Å². The van der Waals surface area contributed by atoms with Crippen LogP contribution in [0.3, 0.4) is 0 Å². The maximum Gasteiger partial charge on any atom is 0.326 e. The van der Waals surface area contributed by atoms with Gasteiger partial charge in [-0.25, -0.2) is 4.79 Å². The summed E-state index contributed by atoms with van der Waals surface area (Å²) in [5, 5.41) is 12.4. The van der Waals surface area contributed by atoms with E-state index in [1.54, 1.807) is 12.0 Å². The number of nitrogens with one attached hydrogen (secondary N) is 1. The lowest BCUT2D eigenvalue weighted by atomic mass is 10.2. The van der Waals surface area contributed by atoms with Gasteiger partial charge in [-0.3, -0.25) is 4.90 Å².